The summed E-state index contributed by atoms with van der Waals surface area (Å²) in [7, 11) is 3.23. The van der Waals surface area contributed by atoms with Gasteiger partial charge in [-0.15, -0.1) is 5.10 Å². The highest BCUT2D eigenvalue weighted by Gasteiger charge is 2.44. The lowest BCUT2D eigenvalue weighted by molar-refractivity contribution is -0.147. The maximum atomic E-state index is 12.5. The predicted octanol–water partition coefficient (Wildman–Crippen LogP) is 1.42. The van der Waals surface area contributed by atoms with Crippen molar-refractivity contribution in [2.45, 2.75) is 50.6 Å². The van der Waals surface area contributed by atoms with Gasteiger partial charge in [-0.1, -0.05) is 5.21 Å². The van der Waals surface area contributed by atoms with E-state index in [1.54, 1.807) is 10.9 Å². The molecule has 0 saturated heterocycles. The molecule has 120 valence electrons. The monoisotopic (exact) mass is 306 g/mol. The largest absolute Gasteiger partial charge is 0.464 e. The van der Waals surface area contributed by atoms with Crippen LogP contribution in [0.3, 0.4) is 0 Å². The standard InChI is InChI=1S/C15H22N4O3/c1-15(5-4-6-15)18(2)13(20)10-7-11(8-10)19-9-12(16-17-19)14(21)22-3/h9-11H,4-8H2,1-3H3. The minimum atomic E-state index is -0.490. The molecule has 1 heterocycles. The first-order valence-corrected chi connectivity index (χ1v) is 7.72. The van der Waals surface area contributed by atoms with Gasteiger partial charge in [0.15, 0.2) is 5.69 Å². The minimum Gasteiger partial charge on any atom is -0.464 e. The highest BCUT2D eigenvalue weighted by molar-refractivity contribution is 5.86. The van der Waals surface area contributed by atoms with Gasteiger partial charge in [-0.3, -0.25) is 4.79 Å². The normalized spacial score (nSPS) is 25.8. The van der Waals surface area contributed by atoms with Crippen LogP contribution in [0.4, 0.5) is 0 Å². The van der Waals surface area contributed by atoms with E-state index in [1.165, 1.54) is 13.5 Å². The summed E-state index contributed by atoms with van der Waals surface area (Å²) < 4.78 is 6.28. The van der Waals surface area contributed by atoms with Crippen molar-refractivity contribution in [3.05, 3.63) is 11.9 Å². The third kappa shape index (κ3) is 2.38. The summed E-state index contributed by atoms with van der Waals surface area (Å²) in [5, 5.41) is 7.76. The smallest absolute Gasteiger partial charge is 0.360 e. The van der Waals surface area contributed by atoms with E-state index >= 15 is 0 Å². The van der Waals surface area contributed by atoms with E-state index < -0.39 is 5.97 Å². The number of hydrogen-bond donors (Lipinski definition) is 0. The number of amides is 1. The van der Waals surface area contributed by atoms with Gasteiger partial charge in [0.05, 0.1) is 19.3 Å². The number of carbonyl (C=O) groups is 2. The van der Waals surface area contributed by atoms with Gasteiger partial charge in [-0.2, -0.15) is 0 Å². The molecule has 0 N–H and O–H groups in total. The molecule has 7 nitrogen and oxygen atoms in total. The Labute approximate surface area is 129 Å². The van der Waals surface area contributed by atoms with Gasteiger partial charge >= 0.3 is 5.97 Å². The molecule has 2 saturated carbocycles. The van der Waals surface area contributed by atoms with Crippen LogP contribution in [-0.2, 0) is 9.53 Å². The number of rotatable bonds is 4. The lowest BCUT2D eigenvalue weighted by atomic mass is 9.74. The average Bonchev–Trinajstić information content (AvgIpc) is 2.90. The van der Waals surface area contributed by atoms with Crippen molar-refractivity contribution in [1.82, 2.24) is 19.9 Å². The first-order valence-electron chi connectivity index (χ1n) is 7.72. The van der Waals surface area contributed by atoms with Gasteiger partial charge in [-0.05, 0) is 39.0 Å². The highest BCUT2D eigenvalue weighted by atomic mass is 16.5. The van der Waals surface area contributed by atoms with Gasteiger partial charge in [0.25, 0.3) is 0 Å². The molecular weight excluding hydrogens is 284 g/mol. The molecule has 2 fully saturated rings. The Bertz CT molecular complexity index is 587. The summed E-state index contributed by atoms with van der Waals surface area (Å²) in [6.07, 6.45) is 6.49. The van der Waals surface area contributed by atoms with Gasteiger partial charge < -0.3 is 9.64 Å². The van der Waals surface area contributed by atoms with Crippen LogP contribution >= 0.6 is 0 Å². The number of esters is 1. The number of methoxy groups -OCH3 is 1. The number of nitrogens with zero attached hydrogens (tertiary/aromatic N) is 4. The number of aromatic nitrogens is 3. The summed E-state index contributed by atoms with van der Waals surface area (Å²) in [5.41, 5.74) is 0.254. The van der Waals surface area contributed by atoms with Crippen molar-refractivity contribution in [2.24, 2.45) is 5.92 Å². The summed E-state index contributed by atoms with van der Waals surface area (Å²) in [6.45, 7) is 2.16. The zero-order valence-corrected chi connectivity index (χ0v) is 13.3. The molecule has 0 atom stereocenters. The fraction of sp³-hybridized carbons (Fsp3) is 0.733. The summed E-state index contributed by atoms with van der Waals surface area (Å²) in [5.74, 6) is -0.208. The Morgan fingerprint density at radius 2 is 2.09 bits per heavy atom. The zero-order valence-electron chi connectivity index (χ0n) is 13.3. The van der Waals surface area contributed by atoms with E-state index in [4.69, 9.17) is 0 Å². The third-order valence-corrected chi connectivity index (χ3v) is 5.31. The maximum absolute atomic E-state index is 12.5. The van der Waals surface area contributed by atoms with Crippen LogP contribution in [0, 0.1) is 5.92 Å². The molecule has 1 aromatic rings. The van der Waals surface area contributed by atoms with Crippen LogP contribution in [-0.4, -0.2) is 51.5 Å². The second kappa shape index (κ2) is 5.37. The van der Waals surface area contributed by atoms with Crippen molar-refractivity contribution >= 4 is 11.9 Å². The topological polar surface area (TPSA) is 77.3 Å². The molecule has 1 aromatic heterocycles. The van der Waals surface area contributed by atoms with Crippen molar-refractivity contribution in [3.8, 4) is 0 Å². The lowest BCUT2D eigenvalue weighted by Gasteiger charge is -2.48. The molecule has 2 aliphatic carbocycles. The van der Waals surface area contributed by atoms with Crippen LogP contribution in [0.15, 0.2) is 6.20 Å². The second-order valence-electron chi connectivity index (χ2n) is 6.65. The van der Waals surface area contributed by atoms with E-state index in [0.29, 0.717) is 0 Å². The number of hydrogen-bond acceptors (Lipinski definition) is 5. The molecule has 0 aromatic carbocycles. The van der Waals surface area contributed by atoms with Crippen LogP contribution in [0.25, 0.3) is 0 Å². The van der Waals surface area contributed by atoms with Crippen LogP contribution in [0.5, 0.6) is 0 Å². The van der Waals surface area contributed by atoms with Gasteiger partial charge in [-0.25, -0.2) is 9.48 Å². The van der Waals surface area contributed by atoms with Crippen LogP contribution in [0.2, 0.25) is 0 Å². The van der Waals surface area contributed by atoms with Gasteiger partial charge in [0.2, 0.25) is 5.91 Å². The number of ether oxygens (including phenoxy) is 1. The molecule has 22 heavy (non-hydrogen) atoms. The molecule has 0 radical (unpaired) electrons. The number of carbonyl (C=O) groups excluding carboxylic acids is 2. The van der Waals surface area contributed by atoms with Gasteiger partial charge in [0.1, 0.15) is 0 Å². The highest BCUT2D eigenvalue weighted by Crippen LogP contribution is 2.42. The minimum absolute atomic E-state index is 0.0491. The Morgan fingerprint density at radius 1 is 1.41 bits per heavy atom. The van der Waals surface area contributed by atoms with Crippen molar-refractivity contribution < 1.29 is 14.3 Å². The quantitative estimate of drug-likeness (QED) is 0.786. The zero-order chi connectivity index (χ0) is 15.9. The molecule has 0 unspecified atom stereocenters. The van der Waals surface area contributed by atoms with Crippen molar-refractivity contribution in [3.63, 3.8) is 0 Å². The predicted molar refractivity (Wildman–Crippen MR) is 78.1 cm³/mol. The second-order valence-corrected chi connectivity index (χ2v) is 6.65. The van der Waals surface area contributed by atoms with Crippen LogP contribution in [0.1, 0.15) is 55.6 Å². The summed E-state index contributed by atoms with van der Waals surface area (Å²) >= 11 is 0. The molecule has 0 aliphatic heterocycles. The first kappa shape index (κ1) is 15.0. The fourth-order valence-corrected chi connectivity index (χ4v) is 3.22. The van der Waals surface area contributed by atoms with E-state index in [1.807, 2.05) is 11.9 Å². The van der Waals surface area contributed by atoms with E-state index in [9.17, 15) is 9.59 Å². The van der Waals surface area contributed by atoms with Crippen LogP contribution < -0.4 is 0 Å². The molecule has 0 spiro atoms. The molecule has 0 bridgehead atoms. The van der Waals surface area contributed by atoms with Crippen molar-refractivity contribution in [2.75, 3.05) is 14.2 Å². The maximum Gasteiger partial charge on any atom is 0.360 e. The average molecular weight is 306 g/mol. The van der Waals surface area contributed by atoms with Gasteiger partial charge in [0, 0.05) is 18.5 Å². The fourth-order valence-electron chi connectivity index (χ4n) is 3.22. The van der Waals surface area contributed by atoms with Crippen molar-refractivity contribution in [1.29, 1.82) is 0 Å². The third-order valence-electron chi connectivity index (χ3n) is 5.31. The van der Waals surface area contributed by atoms with E-state index in [2.05, 4.69) is 22.0 Å². The Morgan fingerprint density at radius 3 is 2.64 bits per heavy atom. The van der Waals surface area contributed by atoms with E-state index in [0.717, 1.165) is 25.7 Å². The Kier molecular flexibility index (Phi) is 3.66. The van der Waals surface area contributed by atoms with E-state index in [-0.39, 0.29) is 29.1 Å². The molecule has 7 heteroatoms. The molecule has 3 rings (SSSR count). The Hall–Kier alpha value is -1.92. The molecule has 2 aliphatic rings. The SMILES string of the molecule is COC(=O)c1cn(C2CC(C(=O)N(C)C3(C)CCC3)C2)nn1. The first-order chi connectivity index (χ1) is 10.4. The molecular formula is C15H22N4O3. The Balaban J connectivity index is 1.56. The summed E-state index contributed by atoms with van der Waals surface area (Å²) in [4.78, 5) is 25.8. The molecule has 1 amide bonds. The lowest BCUT2D eigenvalue weighted by Crippen LogP contribution is -2.55. The summed E-state index contributed by atoms with van der Waals surface area (Å²) in [6, 6.07) is 0.141.